The first-order valence-electron chi connectivity index (χ1n) is 6.91. The maximum atomic E-state index is 12.7. The Balaban J connectivity index is 2.29. The van der Waals surface area contributed by atoms with Crippen molar-refractivity contribution < 1.29 is 13.9 Å². The highest BCUT2D eigenvalue weighted by Gasteiger charge is 2.16. The minimum atomic E-state index is -0.282. The summed E-state index contributed by atoms with van der Waals surface area (Å²) in [5.41, 5.74) is 0. The van der Waals surface area contributed by atoms with Gasteiger partial charge in [-0.3, -0.25) is 9.69 Å². The molecule has 0 aliphatic carbocycles. The fraction of sp³-hybridized carbons (Fsp3) is 0.533. The first kappa shape index (κ1) is 16.4. The van der Waals surface area contributed by atoms with Gasteiger partial charge in [0.25, 0.3) is 0 Å². The molecule has 0 fully saturated rings. The molecule has 0 aliphatic heterocycles. The molecule has 1 aromatic rings. The van der Waals surface area contributed by atoms with Gasteiger partial charge in [0.1, 0.15) is 18.2 Å². The van der Waals surface area contributed by atoms with Crippen molar-refractivity contribution in [1.82, 2.24) is 10.2 Å². The van der Waals surface area contributed by atoms with E-state index in [4.69, 9.17) is 4.74 Å². The molecule has 20 heavy (non-hydrogen) atoms. The third kappa shape index (κ3) is 5.57. The molecule has 1 N–H and O–H groups in total. The number of ether oxygens (including phenoxy) is 1. The lowest BCUT2D eigenvalue weighted by Crippen LogP contribution is -2.44. The molecular weight excluding hydrogens is 259 g/mol. The van der Waals surface area contributed by atoms with Crippen molar-refractivity contribution in [3.63, 3.8) is 0 Å². The van der Waals surface area contributed by atoms with Gasteiger partial charge in [-0.1, -0.05) is 6.92 Å². The van der Waals surface area contributed by atoms with Gasteiger partial charge < -0.3 is 10.1 Å². The Kier molecular flexibility index (Phi) is 7.01. The third-order valence-corrected chi connectivity index (χ3v) is 3.12. The molecule has 1 rings (SSSR count). The van der Waals surface area contributed by atoms with E-state index in [2.05, 4.69) is 5.32 Å². The molecule has 1 amide bonds. The molecule has 0 aromatic heterocycles. The minimum absolute atomic E-state index is 0.0242. The molecule has 1 unspecified atom stereocenters. The van der Waals surface area contributed by atoms with Crippen LogP contribution in [-0.2, 0) is 4.79 Å². The number of hydrogen-bond donors (Lipinski definition) is 1. The van der Waals surface area contributed by atoms with Crippen molar-refractivity contribution >= 4 is 5.91 Å². The summed E-state index contributed by atoms with van der Waals surface area (Å²) < 4.78 is 18.2. The van der Waals surface area contributed by atoms with Crippen molar-refractivity contribution in [2.45, 2.75) is 26.3 Å². The molecule has 1 aromatic carbocycles. The van der Waals surface area contributed by atoms with Crippen LogP contribution >= 0.6 is 0 Å². The predicted octanol–water partition coefficient (Wildman–Crippen LogP) is 2.05. The average Bonchev–Trinajstić information content (AvgIpc) is 2.45. The number of amides is 1. The highest BCUT2D eigenvalue weighted by molar-refractivity contribution is 5.81. The van der Waals surface area contributed by atoms with Crippen molar-refractivity contribution in [2.75, 3.05) is 26.7 Å². The van der Waals surface area contributed by atoms with Crippen LogP contribution in [-0.4, -0.2) is 43.6 Å². The fourth-order valence-corrected chi connectivity index (χ4v) is 1.63. The second kappa shape index (κ2) is 8.53. The number of benzene rings is 1. The molecule has 0 bridgehead atoms. The number of nitrogens with one attached hydrogen (secondary N) is 1. The van der Waals surface area contributed by atoms with Gasteiger partial charge in [0, 0.05) is 13.1 Å². The maximum absolute atomic E-state index is 12.7. The van der Waals surface area contributed by atoms with Crippen molar-refractivity contribution in [3.05, 3.63) is 30.1 Å². The van der Waals surface area contributed by atoms with E-state index in [1.807, 2.05) is 25.8 Å². The van der Waals surface area contributed by atoms with E-state index in [-0.39, 0.29) is 17.8 Å². The van der Waals surface area contributed by atoms with E-state index >= 15 is 0 Å². The standard InChI is InChI=1S/C15H23FN2O2/c1-4-9-17-15(19)12(2)18(3)10-11-20-14-7-5-13(16)6-8-14/h5-8,12H,4,9-11H2,1-3H3,(H,17,19). The van der Waals surface area contributed by atoms with Gasteiger partial charge in [-0.25, -0.2) is 4.39 Å². The maximum Gasteiger partial charge on any atom is 0.237 e. The summed E-state index contributed by atoms with van der Waals surface area (Å²) in [6.45, 7) is 5.66. The lowest BCUT2D eigenvalue weighted by molar-refractivity contribution is -0.125. The molecule has 0 saturated carbocycles. The SMILES string of the molecule is CCCNC(=O)C(C)N(C)CCOc1ccc(F)cc1. The quantitative estimate of drug-likeness (QED) is 0.793. The van der Waals surface area contributed by atoms with E-state index in [0.29, 0.717) is 25.4 Å². The highest BCUT2D eigenvalue weighted by Crippen LogP contribution is 2.10. The molecule has 0 saturated heterocycles. The number of carbonyl (C=O) groups is 1. The van der Waals surface area contributed by atoms with Crippen LogP contribution in [0.15, 0.2) is 24.3 Å². The van der Waals surface area contributed by atoms with E-state index in [0.717, 1.165) is 6.42 Å². The van der Waals surface area contributed by atoms with Crippen LogP contribution in [0.2, 0.25) is 0 Å². The van der Waals surface area contributed by atoms with Crippen LogP contribution in [0.4, 0.5) is 4.39 Å². The second-order valence-corrected chi connectivity index (χ2v) is 4.75. The fourth-order valence-electron chi connectivity index (χ4n) is 1.63. The molecule has 0 spiro atoms. The van der Waals surface area contributed by atoms with Gasteiger partial charge in [-0.05, 0) is 44.7 Å². The summed E-state index contributed by atoms with van der Waals surface area (Å²) in [6, 6.07) is 5.71. The van der Waals surface area contributed by atoms with E-state index in [1.54, 1.807) is 12.1 Å². The summed E-state index contributed by atoms with van der Waals surface area (Å²) in [5, 5.41) is 2.86. The summed E-state index contributed by atoms with van der Waals surface area (Å²) in [5.74, 6) is 0.370. The van der Waals surface area contributed by atoms with Gasteiger partial charge in [0.2, 0.25) is 5.91 Å². The van der Waals surface area contributed by atoms with Crippen LogP contribution in [0.3, 0.4) is 0 Å². The van der Waals surface area contributed by atoms with Crippen LogP contribution in [0, 0.1) is 5.82 Å². The number of rotatable bonds is 8. The number of halogens is 1. The van der Waals surface area contributed by atoms with Crippen molar-refractivity contribution in [3.8, 4) is 5.75 Å². The molecule has 0 heterocycles. The molecular formula is C15H23FN2O2. The minimum Gasteiger partial charge on any atom is -0.492 e. The Bertz CT molecular complexity index is 409. The lowest BCUT2D eigenvalue weighted by atomic mass is 10.2. The monoisotopic (exact) mass is 282 g/mol. The molecule has 1 atom stereocenters. The second-order valence-electron chi connectivity index (χ2n) is 4.75. The first-order valence-corrected chi connectivity index (χ1v) is 6.91. The van der Waals surface area contributed by atoms with Gasteiger partial charge in [-0.2, -0.15) is 0 Å². The van der Waals surface area contributed by atoms with E-state index in [1.165, 1.54) is 12.1 Å². The van der Waals surface area contributed by atoms with Crippen LogP contribution in [0.25, 0.3) is 0 Å². The largest absolute Gasteiger partial charge is 0.492 e. The Morgan fingerprint density at radius 2 is 2.05 bits per heavy atom. The Morgan fingerprint density at radius 1 is 1.40 bits per heavy atom. The first-order chi connectivity index (χ1) is 9.54. The van der Waals surface area contributed by atoms with E-state index < -0.39 is 0 Å². The smallest absolute Gasteiger partial charge is 0.237 e. The summed E-state index contributed by atoms with van der Waals surface area (Å²) in [6.07, 6.45) is 0.926. The van der Waals surface area contributed by atoms with Crippen molar-refractivity contribution in [2.24, 2.45) is 0 Å². The zero-order valence-electron chi connectivity index (χ0n) is 12.4. The normalized spacial score (nSPS) is 12.2. The van der Waals surface area contributed by atoms with Gasteiger partial charge in [0.05, 0.1) is 6.04 Å². The number of hydrogen-bond acceptors (Lipinski definition) is 3. The van der Waals surface area contributed by atoms with E-state index in [9.17, 15) is 9.18 Å². The Hall–Kier alpha value is -1.62. The van der Waals surface area contributed by atoms with Crippen LogP contribution < -0.4 is 10.1 Å². The Morgan fingerprint density at radius 3 is 2.65 bits per heavy atom. The van der Waals surface area contributed by atoms with Crippen LogP contribution in [0.5, 0.6) is 5.75 Å². The molecule has 5 heteroatoms. The highest BCUT2D eigenvalue weighted by atomic mass is 19.1. The topological polar surface area (TPSA) is 41.6 Å². The zero-order chi connectivity index (χ0) is 15.0. The number of likely N-dealkylation sites (N-methyl/N-ethyl adjacent to an activating group) is 1. The van der Waals surface area contributed by atoms with Gasteiger partial charge in [-0.15, -0.1) is 0 Å². The molecule has 112 valence electrons. The predicted molar refractivity (Wildman–Crippen MR) is 77.3 cm³/mol. The van der Waals surface area contributed by atoms with Crippen molar-refractivity contribution in [1.29, 1.82) is 0 Å². The molecule has 0 aliphatic rings. The third-order valence-electron chi connectivity index (χ3n) is 3.12. The Labute approximate surface area is 119 Å². The molecule has 0 radical (unpaired) electrons. The average molecular weight is 282 g/mol. The lowest BCUT2D eigenvalue weighted by Gasteiger charge is -2.23. The summed E-state index contributed by atoms with van der Waals surface area (Å²) >= 11 is 0. The zero-order valence-corrected chi connectivity index (χ0v) is 12.4. The van der Waals surface area contributed by atoms with Gasteiger partial charge >= 0.3 is 0 Å². The van der Waals surface area contributed by atoms with Gasteiger partial charge in [0.15, 0.2) is 0 Å². The molecule has 4 nitrogen and oxygen atoms in total. The number of carbonyl (C=O) groups excluding carboxylic acids is 1. The number of nitrogens with zero attached hydrogens (tertiary/aromatic N) is 1. The summed E-state index contributed by atoms with van der Waals surface area (Å²) in [7, 11) is 1.88. The van der Waals surface area contributed by atoms with Crippen LogP contribution in [0.1, 0.15) is 20.3 Å². The summed E-state index contributed by atoms with van der Waals surface area (Å²) in [4.78, 5) is 13.7.